The molecular formula is C16H20N8O2. The zero-order chi connectivity index (χ0) is 18.1. The first kappa shape index (κ1) is 16.5. The van der Waals surface area contributed by atoms with Crippen molar-refractivity contribution in [3.8, 4) is 0 Å². The third-order valence-electron chi connectivity index (χ3n) is 4.50. The molecule has 1 aliphatic heterocycles. The van der Waals surface area contributed by atoms with E-state index in [1.165, 1.54) is 10.9 Å². The molecule has 3 aromatic rings. The van der Waals surface area contributed by atoms with Crippen LogP contribution in [0.5, 0.6) is 0 Å². The second kappa shape index (κ2) is 6.71. The van der Waals surface area contributed by atoms with Crippen molar-refractivity contribution in [1.29, 1.82) is 0 Å². The van der Waals surface area contributed by atoms with Gasteiger partial charge in [0.25, 0.3) is 5.56 Å². The highest BCUT2D eigenvalue weighted by Gasteiger charge is 2.25. The SMILES string of the molecule is CN(C[C@@H]1CN(c2ncnc3[nH]ncc23)CCO1)c1nccn(C)c1=O. The number of aromatic amines is 1. The Morgan fingerprint density at radius 3 is 3.15 bits per heavy atom. The quantitative estimate of drug-likeness (QED) is 0.685. The first-order chi connectivity index (χ1) is 12.6. The molecule has 1 fully saturated rings. The molecule has 0 radical (unpaired) electrons. The predicted octanol–water partition coefficient (Wildman–Crippen LogP) is -0.212. The summed E-state index contributed by atoms with van der Waals surface area (Å²) in [6.45, 7) is 2.54. The first-order valence-electron chi connectivity index (χ1n) is 8.37. The molecule has 0 aromatic carbocycles. The van der Waals surface area contributed by atoms with Gasteiger partial charge < -0.3 is 19.1 Å². The Kier molecular flexibility index (Phi) is 4.25. The van der Waals surface area contributed by atoms with Gasteiger partial charge >= 0.3 is 0 Å². The Labute approximate surface area is 149 Å². The number of H-pyrrole nitrogens is 1. The average Bonchev–Trinajstić information content (AvgIpc) is 3.13. The molecule has 4 heterocycles. The fraction of sp³-hybridized carbons (Fsp3) is 0.438. The number of fused-ring (bicyclic) bond motifs is 1. The third-order valence-corrected chi connectivity index (χ3v) is 4.50. The molecule has 0 bridgehead atoms. The van der Waals surface area contributed by atoms with E-state index < -0.39 is 0 Å². The van der Waals surface area contributed by atoms with Gasteiger partial charge in [0.2, 0.25) is 0 Å². The summed E-state index contributed by atoms with van der Waals surface area (Å²) in [5.74, 6) is 1.25. The van der Waals surface area contributed by atoms with Crippen LogP contribution in [-0.2, 0) is 11.8 Å². The van der Waals surface area contributed by atoms with E-state index in [4.69, 9.17) is 4.74 Å². The van der Waals surface area contributed by atoms with Crippen molar-refractivity contribution in [3.63, 3.8) is 0 Å². The van der Waals surface area contributed by atoms with Gasteiger partial charge in [0, 0.05) is 46.1 Å². The Balaban J connectivity index is 1.51. The number of anilines is 2. The highest BCUT2D eigenvalue weighted by atomic mass is 16.5. The van der Waals surface area contributed by atoms with Gasteiger partial charge in [0.05, 0.1) is 24.3 Å². The summed E-state index contributed by atoms with van der Waals surface area (Å²) in [5.41, 5.74) is 0.589. The van der Waals surface area contributed by atoms with Gasteiger partial charge in [-0.05, 0) is 0 Å². The summed E-state index contributed by atoms with van der Waals surface area (Å²) < 4.78 is 7.42. The van der Waals surface area contributed by atoms with E-state index in [1.54, 1.807) is 25.6 Å². The fourth-order valence-electron chi connectivity index (χ4n) is 3.16. The van der Waals surface area contributed by atoms with Crippen molar-refractivity contribution in [2.75, 3.05) is 43.1 Å². The number of ether oxygens (including phenoxy) is 1. The maximum atomic E-state index is 12.2. The number of morpholine rings is 1. The average molecular weight is 356 g/mol. The van der Waals surface area contributed by atoms with Crippen molar-refractivity contribution < 1.29 is 4.74 Å². The largest absolute Gasteiger partial charge is 0.373 e. The summed E-state index contributed by atoms with van der Waals surface area (Å²) in [4.78, 5) is 29.0. The summed E-state index contributed by atoms with van der Waals surface area (Å²) in [6, 6.07) is 0. The highest BCUT2D eigenvalue weighted by Crippen LogP contribution is 2.23. The van der Waals surface area contributed by atoms with Crippen LogP contribution in [0.15, 0.2) is 29.7 Å². The molecule has 0 unspecified atom stereocenters. The number of nitrogens with one attached hydrogen (secondary N) is 1. The maximum Gasteiger partial charge on any atom is 0.293 e. The normalized spacial score (nSPS) is 17.6. The van der Waals surface area contributed by atoms with Gasteiger partial charge in [-0.2, -0.15) is 5.10 Å². The summed E-state index contributed by atoms with van der Waals surface area (Å²) in [6.07, 6.45) is 6.46. The molecule has 26 heavy (non-hydrogen) atoms. The van der Waals surface area contributed by atoms with Gasteiger partial charge in [0.15, 0.2) is 11.5 Å². The van der Waals surface area contributed by atoms with Crippen LogP contribution in [0.4, 0.5) is 11.6 Å². The topological polar surface area (TPSA) is 105 Å². The molecule has 136 valence electrons. The molecule has 0 saturated carbocycles. The van der Waals surface area contributed by atoms with Crippen molar-refractivity contribution >= 4 is 22.7 Å². The Morgan fingerprint density at radius 1 is 1.38 bits per heavy atom. The molecule has 1 aliphatic rings. The van der Waals surface area contributed by atoms with Crippen LogP contribution >= 0.6 is 0 Å². The number of aromatic nitrogens is 6. The van der Waals surface area contributed by atoms with Crippen molar-refractivity contribution in [2.24, 2.45) is 7.05 Å². The molecule has 1 saturated heterocycles. The van der Waals surface area contributed by atoms with Gasteiger partial charge in [-0.25, -0.2) is 15.0 Å². The number of rotatable bonds is 4. The van der Waals surface area contributed by atoms with Crippen LogP contribution in [0.1, 0.15) is 0 Å². The lowest BCUT2D eigenvalue weighted by Gasteiger charge is -2.35. The van der Waals surface area contributed by atoms with Crippen molar-refractivity contribution in [1.82, 2.24) is 29.7 Å². The summed E-state index contributed by atoms with van der Waals surface area (Å²) >= 11 is 0. The van der Waals surface area contributed by atoms with E-state index >= 15 is 0 Å². The Morgan fingerprint density at radius 2 is 2.27 bits per heavy atom. The predicted molar refractivity (Wildman–Crippen MR) is 96.4 cm³/mol. The standard InChI is InChI=1S/C16H20N8O2/c1-22-4-3-17-15(16(22)25)23(2)8-11-9-24(5-6-26-11)14-12-7-20-21-13(12)18-10-19-14/h3-4,7,10-11H,5-6,8-9H2,1-2H3,(H,18,19,20,21)/t11-/m1/s1. The van der Waals surface area contributed by atoms with E-state index in [0.717, 1.165) is 17.7 Å². The molecule has 0 amide bonds. The van der Waals surface area contributed by atoms with Crippen LogP contribution in [-0.4, -0.2) is 69.1 Å². The molecular weight excluding hydrogens is 336 g/mol. The maximum absolute atomic E-state index is 12.2. The Bertz CT molecular complexity index is 968. The van der Waals surface area contributed by atoms with E-state index in [1.807, 2.05) is 11.9 Å². The van der Waals surface area contributed by atoms with E-state index in [-0.39, 0.29) is 11.7 Å². The molecule has 1 atom stereocenters. The van der Waals surface area contributed by atoms with E-state index in [0.29, 0.717) is 31.2 Å². The molecule has 10 heteroatoms. The van der Waals surface area contributed by atoms with Crippen LogP contribution in [0.3, 0.4) is 0 Å². The smallest absolute Gasteiger partial charge is 0.293 e. The number of nitrogens with zero attached hydrogens (tertiary/aromatic N) is 7. The number of hydrogen-bond donors (Lipinski definition) is 1. The van der Waals surface area contributed by atoms with Gasteiger partial charge in [-0.15, -0.1) is 0 Å². The number of hydrogen-bond acceptors (Lipinski definition) is 8. The van der Waals surface area contributed by atoms with Gasteiger partial charge in [-0.3, -0.25) is 9.89 Å². The van der Waals surface area contributed by atoms with Crippen molar-refractivity contribution in [2.45, 2.75) is 6.10 Å². The minimum atomic E-state index is -0.126. The van der Waals surface area contributed by atoms with Gasteiger partial charge in [0.1, 0.15) is 12.1 Å². The number of aryl methyl sites for hydroxylation is 1. The van der Waals surface area contributed by atoms with Gasteiger partial charge in [-0.1, -0.05) is 0 Å². The summed E-state index contributed by atoms with van der Waals surface area (Å²) in [5, 5.41) is 7.79. The third kappa shape index (κ3) is 2.99. The van der Waals surface area contributed by atoms with Crippen molar-refractivity contribution in [3.05, 3.63) is 35.3 Å². The first-order valence-corrected chi connectivity index (χ1v) is 8.37. The molecule has 0 aliphatic carbocycles. The summed E-state index contributed by atoms with van der Waals surface area (Å²) in [7, 11) is 3.57. The Hall–Kier alpha value is -3.01. The zero-order valence-corrected chi connectivity index (χ0v) is 14.7. The second-order valence-electron chi connectivity index (χ2n) is 6.32. The lowest BCUT2D eigenvalue weighted by atomic mass is 10.2. The van der Waals surface area contributed by atoms with E-state index in [9.17, 15) is 4.79 Å². The van der Waals surface area contributed by atoms with Crippen LogP contribution < -0.4 is 15.4 Å². The molecule has 10 nitrogen and oxygen atoms in total. The molecule has 3 aromatic heterocycles. The lowest BCUT2D eigenvalue weighted by Crippen LogP contribution is -2.48. The van der Waals surface area contributed by atoms with Crippen LogP contribution in [0.2, 0.25) is 0 Å². The highest BCUT2D eigenvalue weighted by molar-refractivity contribution is 5.86. The minimum absolute atomic E-state index is 0.0719. The molecule has 0 spiro atoms. The molecule has 4 rings (SSSR count). The number of likely N-dealkylation sites (N-methyl/N-ethyl adjacent to an activating group) is 1. The van der Waals surface area contributed by atoms with E-state index in [2.05, 4.69) is 30.0 Å². The van der Waals surface area contributed by atoms with Crippen LogP contribution in [0, 0.1) is 0 Å². The monoisotopic (exact) mass is 356 g/mol. The second-order valence-corrected chi connectivity index (χ2v) is 6.32. The fourth-order valence-corrected chi connectivity index (χ4v) is 3.16. The molecule has 1 N–H and O–H groups in total. The lowest BCUT2D eigenvalue weighted by molar-refractivity contribution is 0.0456. The van der Waals surface area contributed by atoms with Crippen LogP contribution in [0.25, 0.3) is 11.0 Å². The minimum Gasteiger partial charge on any atom is -0.373 e. The zero-order valence-electron chi connectivity index (χ0n) is 14.7.